The number of thiazole rings is 1. The van der Waals surface area contributed by atoms with E-state index in [0.717, 1.165) is 10.7 Å². The number of halogens is 4. The topological polar surface area (TPSA) is 43.8 Å². The van der Waals surface area contributed by atoms with Crippen LogP contribution >= 0.6 is 35.3 Å². The third-order valence-corrected chi connectivity index (χ3v) is 5.65. The molecule has 1 unspecified atom stereocenters. The van der Waals surface area contributed by atoms with Crippen molar-refractivity contribution in [3.8, 4) is 0 Å². The van der Waals surface area contributed by atoms with Crippen molar-refractivity contribution in [3.63, 3.8) is 0 Å². The van der Waals surface area contributed by atoms with Crippen LogP contribution in [-0.4, -0.2) is 66.2 Å². The molecular weight excluding hydrogens is 490 g/mol. The molecule has 1 N–H and O–H groups in total. The maximum absolute atomic E-state index is 12.9. The Hall–Kier alpha value is -0.620. The first-order chi connectivity index (χ1) is 12.1. The molecule has 2 heterocycles. The van der Waals surface area contributed by atoms with Crippen LogP contribution in [0, 0.1) is 6.92 Å². The highest BCUT2D eigenvalue weighted by atomic mass is 127. The maximum atomic E-state index is 12.9. The zero-order valence-corrected chi connectivity index (χ0v) is 19.6. The number of alkyl halides is 3. The highest BCUT2D eigenvalue weighted by Gasteiger charge is 2.41. The molecule has 0 saturated carbocycles. The molecule has 10 heteroatoms. The number of aromatic nitrogens is 1. The maximum Gasteiger partial charge on any atom is 0.403 e. The van der Waals surface area contributed by atoms with Crippen LogP contribution in [-0.2, 0) is 6.54 Å². The Labute approximate surface area is 180 Å². The average molecular weight is 519 g/mol. The fourth-order valence-corrected chi connectivity index (χ4v) is 4.12. The van der Waals surface area contributed by atoms with Gasteiger partial charge in [0.15, 0.2) is 5.96 Å². The number of hydrogen-bond donors (Lipinski definition) is 1. The molecule has 0 spiro atoms. The van der Waals surface area contributed by atoms with E-state index in [0.29, 0.717) is 44.6 Å². The summed E-state index contributed by atoms with van der Waals surface area (Å²) >= 11 is 1.67. The van der Waals surface area contributed by atoms with Crippen LogP contribution in [0.3, 0.4) is 0 Å². The van der Waals surface area contributed by atoms with Gasteiger partial charge in [0, 0.05) is 38.1 Å². The van der Waals surface area contributed by atoms with Gasteiger partial charge >= 0.3 is 6.18 Å². The second kappa shape index (κ2) is 10.2. The summed E-state index contributed by atoms with van der Waals surface area (Å²) in [6.07, 6.45) is -4.18. The van der Waals surface area contributed by atoms with Gasteiger partial charge in [0.05, 0.1) is 12.2 Å². The third-order valence-electron chi connectivity index (χ3n) is 4.67. The number of hydrogen-bond acceptors (Lipinski definition) is 4. The van der Waals surface area contributed by atoms with Crippen molar-refractivity contribution in [2.24, 2.45) is 4.99 Å². The predicted molar refractivity (Wildman–Crippen MR) is 115 cm³/mol. The lowest BCUT2D eigenvalue weighted by Gasteiger charge is -2.39. The molecule has 1 aliphatic rings. The minimum atomic E-state index is -4.18. The zero-order chi connectivity index (χ0) is 19.5. The van der Waals surface area contributed by atoms with Crippen LogP contribution in [0.15, 0.2) is 4.99 Å². The normalized spacial score (nSPS) is 17.8. The molecule has 1 atom stereocenters. The van der Waals surface area contributed by atoms with Gasteiger partial charge in [0.25, 0.3) is 0 Å². The Bertz CT molecular complexity index is 625. The molecule has 156 valence electrons. The monoisotopic (exact) mass is 519 g/mol. The van der Waals surface area contributed by atoms with Crippen LogP contribution in [0.1, 0.15) is 42.3 Å². The summed E-state index contributed by atoms with van der Waals surface area (Å²) < 4.78 is 38.6. The molecule has 1 saturated heterocycles. The number of guanidine groups is 1. The summed E-state index contributed by atoms with van der Waals surface area (Å²) in [7, 11) is 1.69. The first-order valence-corrected chi connectivity index (χ1v) is 9.67. The van der Waals surface area contributed by atoms with Crippen LogP contribution in [0.2, 0.25) is 0 Å². The van der Waals surface area contributed by atoms with Crippen LogP contribution < -0.4 is 5.32 Å². The Morgan fingerprint density at radius 2 is 1.81 bits per heavy atom. The second-order valence-electron chi connectivity index (χ2n) is 6.85. The highest BCUT2D eigenvalue weighted by molar-refractivity contribution is 14.0. The van der Waals surface area contributed by atoms with Crippen molar-refractivity contribution in [1.29, 1.82) is 0 Å². The average Bonchev–Trinajstić information content (AvgIpc) is 2.95. The SMILES string of the molecule is CN=C(NCc1nc(C(C)C)c(C)s1)N1CCN(C(C)C(F)(F)F)CC1.I. The van der Waals surface area contributed by atoms with E-state index in [9.17, 15) is 13.2 Å². The van der Waals surface area contributed by atoms with Gasteiger partial charge in [-0.05, 0) is 19.8 Å². The quantitative estimate of drug-likeness (QED) is 0.373. The predicted octanol–water partition coefficient (Wildman–Crippen LogP) is 3.84. The van der Waals surface area contributed by atoms with E-state index in [4.69, 9.17) is 0 Å². The van der Waals surface area contributed by atoms with E-state index in [1.165, 1.54) is 16.7 Å². The van der Waals surface area contributed by atoms with E-state index >= 15 is 0 Å². The smallest absolute Gasteiger partial charge is 0.350 e. The zero-order valence-electron chi connectivity index (χ0n) is 16.4. The number of piperazine rings is 1. The standard InChI is InChI=1S/C17H28F3N5S.HI/c1-11(2)15-12(3)26-14(23-15)10-22-16(21-5)25-8-6-24(7-9-25)13(4)17(18,19)20;/h11,13H,6-10H2,1-5H3,(H,21,22);1H. The van der Waals surface area contributed by atoms with Crippen LogP contribution in [0.4, 0.5) is 13.2 Å². The van der Waals surface area contributed by atoms with E-state index in [2.05, 4.69) is 36.1 Å². The fourth-order valence-electron chi connectivity index (χ4n) is 3.09. The van der Waals surface area contributed by atoms with Crippen molar-refractivity contribution >= 4 is 41.3 Å². The molecule has 0 aromatic carbocycles. The summed E-state index contributed by atoms with van der Waals surface area (Å²) in [5.74, 6) is 1.10. The Kier molecular flexibility index (Phi) is 9.26. The number of rotatable bonds is 4. The van der Waals surface area contributed by atoms with Crippen molar-refractivity contribution in [2.75, 3.05) is 33.2 Å². The molecule has 0 amide bonds. The van der Waals surface area contributed by atoms with Gasteiger partial charge in [-0.2, -0.15) is 13.2 Å². The summed E-state index contributed by atoms with van der Waals surface area (Å²) in [4.78, 5) is 13.7. The Morgan fingerprint density at radius 1 is 1.22 bits per heavy atom. The fraction of sp³-hybridized carbons (Fsp3) is 0.765. The summed E-state index contributed by atoms with van der Waals surface area (Å²) in [6, 6.07) is -1.41. The number of nitrogens with zero attached hydrogens (tertiary/aromatic N) is 4. The van der Waals surface area contributed by atoms with Gasteiger partial charge in [-0.1, -0.05) is 13.8 Å². The summed E-state index contributed by atoms with van der Waals surface area (Å²) in [5, 5.41) is 4.29. The Balaban J connectivity index is 0.00000364. The molecule has 1 aliphatic heterocycles. The number of aliphatic imine (C=N–C) groups is 1. The molecule has 5 nitrogen and oxygen atoms in total. The Morgan fingerprint density at radius 3 is 2.26 bits per heavy atom. The van der Waals surface area contributed by atoms with Crippen LogP contribution in [0.5, 0.6) is 0 Å². The lowest BCUT2D eigenvalue weighted by Crippen LogP contribution is -2.56. The molecular formula is C17H29F3IN5S. The van der Waals surface area contributed by atoms with Crippen molar-refractivity contribution in [2.45, 2.75) is 52.4 Å². The second-order valence-corrected chi connectivity index (χ2v) is 8.13. The van der Waals surface area contributed by atoms with Gasteiger partial charge in [0.1, 0.15) is 11.0 Å². The van der Waals surface area contributed by atoms with Gasteiger partial charge < -0.3 is 10.2 Å². The first-order valence-electron chi connectivity index (χ1n) is 8.86. The van der Waals surface area contributed by atoms with E-state index in [1.807, 2.05) is 4.90 Å². The summed E-state index contributed by atoms with van der Waals surface area (Å²) in [5.41, 5.74) is 1.12. The molecule has 1 aromatic heterocycles. The van der Waals surface area contributed by atoms with Gasteiger partial charge in [-0.25, -0.2) is 4.98 Å². The van der Waals surface area contributed by atoms with Gasteiger partial charge in [0.2, 0.25) is 0 Å². The van der Waals surface area contributed by atoms with Crippen molar-refractivity contribution in [1.82, 2.24) is 20.1 Å². The number of nitrogens with one attached hydrogen (secondary N) is 1. The van der Waals surface area contributed by atoms with Gasteiger partial charge in [-0.3, -0.25) is 9.89 Å². The minimum Gasteiger partial charge on any atom is -0.350 e. The molecule has 0 bridgehead atoms. The first kappa shape index (κ1) is 24.4. The van der Waals surface area contributed by atoms with Crippen LogP contribution in [0.25, 0.3) is 0 Å². The third kappa shape index (κ3) is 6.45. The highest BCUT2D eigenvalue weighted by Crippen LogP contribution is 2.26. The molecule has 2 rings (SSSR count). The van der Waals surface area contributed by atoms with Gasteiger partial charge in [-0.15, -0.1) is 35.3 Å². The molecule has 0 aliphatic carbocycles. The van der Waals surface area contributed by atoms with Crippen molar-refractivity contribution < 1.29 is 13.2 Å². The van der Waals surface area contributed by atoms with E-state index in [1.54, 1.807) is 18.4 Å². The van der Waals surface area contributed by atoms with Crippen molar-refractivity contribution in [3.05, 3.63) is 15.6 Å². The summed E-state index contributed by atoms with van der Waals surface area (Å²) in [6.45, 7) is 9.91. The molecule has 0 radical (unpaired) electrons. The number of aryl methyl sites for hydroxylation is 1. The lowest BCUT2D eigenvalue weighted by molar-refractivity contribution is -0.181. The molecule has 27 heavy (non-hydrogen) atoms. The minimum absolute atomic E-state index is 0. The molecule has 1 fully saturated rings. The largest absolute Gasteiger partial charge is 0.403 e. The molecule has 1 aromatic rings. The lowest BCUT2D eigenvalue weighted by atomic mass is 10.1. The van der Waals surface area contributed by atoms with E-state index in [-0.39, 0.29) is 24.0 Å². The van der Waals surface area contributed by atoms with E-state index < -0.39 is 12.2 Å².